The van der Waals surface area contributed by atoms with Crippen LogP contribution in [-0.2, 0) is 11.3 Å². The van der Waals surface area contributed by atoms with Gasteiger partial charge in [-0.25, -0.2) is 15.0 Å². The number of nitrogen functional groups attached to an aromatic ring is 1. The van der Waals surface area contributed by atoms with Gasteiger partial charge < -0.3 is 15.4 Å². The van der Waals surface area contributed by atoms with Crippen LogP contribution in [0, 0.1) is 0 Å². The largest absolute Gasteiger partial charge is 0.383 e. The fraction of sp³-hybridized carbons (Fsp3) is 0.321. The van der Waals surface area contributed by atoms with Crippen molar-refractivity contribution in [2.45, 2.75) is 13.0 Å². The highest BCUT2D eigenvalue weighted by atomic mass is 16.5. The number of pyridine rings is 2. The van der Waals surface area contributed by atoms with E-state index in [1.165, 1.54) is 11.1 Å². The number of rotatable bonds is 5. The first-order chi connectivity index (χ1) is 17.7. The zero-order valence-electron chi connectivity index (χ0n) is 20.6. The molecule has 6 rings (SSSR count). The first kappa shape index (κ1) is 22.8. The zero-order valence-corrected chi connectivity index (χ0v) is 20.6. The number of imidazole rings is 1. The van der Waals surface area contributed by atoms with Crippen LogP contribution >= 0.6 is 0 Å². The van der Waals surface area contributed by atoms with E-state index >= 15 is 0 Å². The van der Waals surface area contributed by atoms with Crippen molar-refractivity contribution >= 4 is 22.6 Å². The first-order valence-electron chi connectivity index (χ1n) is 12.5. The van der Waals surface area contributed by atoms with E-state index in [1.807, 2.05) is 24.3 Å². The predicted molar refractivity (Wildman–Crippen MR) is 143 cm³/mol. The molecule has 184 valence electrons. The van der Waals surface area contributed by atoms with Gasteiger partial charge in [0.1, 0.15) is 11.3 Å². The summed E-state index contributed by atoms with van der Waals surface area (Å²) in [5.41, 5.74) is 13.2. The lowest BCUT2D eigenvalue weighted by atomic mass is 10.1. The summed E-state index contributed by atoms with van der Waals surface area (Å²) in [6.45, 7) is 6.74. The van der Waals surface area contributed by atoms with Crippen LogP contribution in [0.2, 0.25) is 0 Å². The average Bonchev–Trinajstić information content (AvgIpc) is 3.30. The highest BCUT2D eigenvalue weighted by Gasteiger charge is 2.20. The number of nitrogens with zero attached hydrogens (tertiary/aromatic N) is 6. The van der Waals surface area contributed by atoms with E-state index in [0.29, 0.717) is 12.4 Å². The van der Waals surface area contributed by atoms with Gasteiger partial charge in [0.25, 0.3) is 0 Å². The Labute approximate surface area is 211 Å². The molecule has 0 bridgehead atoms. The Morgan fingerprint density at radius 3 is 2.56 bits per heavy atom. The maximum atomic E-state index is 6.29. The molecule has 0 unspecified atom stereocenters. The molecule has 2 aliphatic heterocycles. The van der Waals surface area contributed by atoms with Crippen LogP contribution in [-0.4, -0.2) is 75.8 Å². The van der Waals surface area contributed by atoms with Crippen LogP contribution in [0.15, 0.2) is 60.8 Å². The van der Waals surface area contributed by atoms with Gasteiger partial charge in [0, 0.05) is 44.6 Å². The third-order valence-corrected chi connectivity index (χ3v) is 7.07. The number of likely N-dealkylation sites (N-methyl/N-ethyl adjacent to an activating group) is 1. The van der Waals surface area contributed by atoms with Crippen LogP contribution in [0.5, 0.6) is 0 Å². The molecular formula is C28H31N7O. The SMILES string of the molecule is CN1CCN(Cc2ccc(-n3c(-c4cccnc4N)nc4ccc(C5=CCOCC5)nc43)cc2)CC1. The topological polar surface area (TPSA) is 85.3 Å². The maximum Gasteiger partial charge on any atom is 0.165 e. The van der Waals surface area contributed by atoms with Gasteiger partial charge in [0.2, 0.25) is 0 Å². The van der Waals surface area contributed by atoms with Crippen molar-refractivity contribution in [2.75, 3.05) is 52.2 Å². The van der Waals surface area contributed by atoms with Gasteiger partial charge in [0.05, 0.1) is 24.5 Å². The Bertz CT molecular complexity index is 1400. The van der Waals surface area contributed by atoms with Gasteiger partial charge in [-0.2, -0.15) is 0 Å². The van der Waals surface area contributed by atoms with Crippen LogP contribution < -0.4 is 5.73 Å². The Balaban J connectivity index is 1.41. The molecule has 0 aliphatic carbocycles. The normalized spacial score (nSPS) is 17.4. The highest BCUT2D eigenvalue weighted by Crippen LogP contribution is 2.31. The summed E-state index contributed by atoms with van der Waals surface area (Å²) in [4.78, 5) is 19.2. The minimum atomic E-state index is 0.452. The summed E-state index contributed by atoms with van der Waals surface area (Å²) >= 11 is 0. The summed E-state index contributed by atoms with van der Waals surface area (Å²) in [6.07, 6.45) is 4.68. The third kappa shape index (κ3) is 4.51. The second kappa shape index (κ2) is 9.81. The average molecular weight is 482 g/mol. The van der Waals surface area contributed by atoms with E-state index in [-0.39, 0.29) is 0 Å². The molecular weight excluding hydrogens is 450 g/mol. The summed E-state index contributed by atoms with van der Waals surface area (Å²) < 4.78 is 7.60. The number of hydrogen-bond donors (Lipinski definition) is 1. The third-order valence-electron chi connectivity index (χ3n) is 7.07. The van der Waals surface area contributed by atoms with E-state index in [0.717, 1.165) is 79.7 Å². The molecule has 8 heteroatoms. The predicted octanol–water partition coefficient (Wildman–Crippen LogP) is 3.62. The van der Waals surface area contributed by atoms with Gasteiger partial charge >= 0.3 is 0 Å². The molecule has 1 fully saturated rings. The fourth-order valence-corrected chi connectivity index (χ4v) is 4.94. The Morgan fingerprint density at radius 2 is 1.81 bits per heavy atom. The smallest absolute Gasteiger partial charge is 0.165 e. The van der Waals surface area contributed by atoms with Crippen molar-refractivity contribution < 1.29 is 4.74 Å². The lowest BCUT2D eigenvalue weighted by molar-refractivity contribution is 0.148. The summed E-state index contributed by atoms with van der Waals surface area (Å²) in [6, 6.07) is 16.7. The van der Waals surface area contributed by atoms with Gasteiger partial charge in [-0.3, -0.25) is 9.47 Å². The lowest BCUT2D eigenvalue weighted by Crippen LogP contribution is -2.43. The molecule has 36 heavy (non-hydrogen) atoms. The molecule has 8 nitrogen and oxygen atoms in total. The number of fused-ring (bicyclic) bond motifs is 1. The van der Waals surface area contributed by atoms with Crippen LogP contribution in [0.25, 0.3) is 33.8 Å². The van der Waals surface area contributed by atoms with E-state index in [1.54, 1.807) is 6.20 Å². The number of ether oxygens (including phenoxy) is 1. The van der Waals surface area contributed by atoms with Crippen molar-refractivity contribution in [3.8, 4) is 17.1 Å². The molecule has 0 radical (unpaired) electrons. The zero-order chi connectivity index (χ0) is 24.5. The summed E-state index contributed by atoms with van der Waals surface area (Å²) in [5.74, 6) is 1.20. The number of aromatic nitrogens is 4. The van der Waals surface area contributed by atoms with Crippen LogP contribution in [0.3, 0.4) is 0 Å². The van der Waals surface area contributed by atoms with Crippen LogP contribution in [0.1, 0.15) is 17.7 Å². The minimum Gasteiger partial charge on any atom is -0.383 e. The molecule has 0 saturated carbocycles. The van der Waals surface area contributed by atoms with E-state index in [2.05, 4.69) is 56.7 Å². The summed E-state index contributed by atoms with van der Waals surface area (Å²) in [7, 11) is 2.19. The number of benzene rings is 1. The van der Waals surface area contributed by atoms with E-state index in [4.69, 9.17) is 20.4 Å². The minimum absolute atomic E-state index is 0.452. The van der Waals surface area contributed by atoms with Gasteiger partial charge in [-0.15, -0.1) is 0 Å². The lowest BCUT2D eigenvalue weighted by Gasteiger charge is -2.32. The van der Waals surface area contributed by atoms with E-state index in [9.17, 15) is 0 Å². The van der Waals surface area contributed by atoms with Crippen molar-refractivity contribution in [1.29, 1.82) is 0 Å². The molecule has 3 aromatic heterocycles. The second-order valence-corrected chi connectivity index (χ2v) is 9.55. The molecule has 2 aliphatic rings. The maximum absolute atomic E-state index is 6.29. The van der Waals surface area contributed by atoms with E-state index < -0.39 is 0 Å². The standard InChI is InChI=1S/C28H31N7O/c1-33-13-15-34(16-14-33)19-20-4-6-22(7-5-20)35-27(23-3-2-12-30-26(23)29)32-25-9-8-24(31-28(25)35)21-10-17-36-18-11-21/h2-10,12H,11,13-19H2,1H3,(H2,29,30). The molecule has 0 amide bonds. The number of nitrogens with two attached hydrogens (primary N) is 1. The van der Waals surface area contributed by atoms with Crippen LogP contribution in [0.4, 0.5) is 5.82 Å². The van der Waals surface area contributed by atoms with Crippen molar-refractivity contribution in [2.24, 2.45) is 0 Å². The van der Waals surface area contributed by atoms with Crippen molar-refractivity contribution in [1.82, 2.24) is 29.3 Å². The molecule has 0 atom stereocenters. The van der Waals surface area contributed by atoms with Gasteiger partial charge in [-0.05, 0) is 61.0 Å². The molecule has 4 aromatic rings. The number of hydrogen-bond acceptors (Lipinski definition) is 7. The highest BCUT2D eigenvalue weighted by molar-refractivity contribution is 5.84. The van der Waals surface area contributed by atoms with Crippen molar-refractivity contribution in [3.63, 3.8) is 0 Å². The number of anilines is 1. The monoisotopic (exact) mass is 481 g/mol. The first-order valence-corrected chi connectivity index (χ1v) is 12.5. The van der Waals surface area contributed by atoms with Gasteiger partial charge in [0.15, 0.2) is 11.5 Å². The Kier molecular flexibility index (Phi) is 6.23. The molecule has 0 spiro atoms. The quantitative estimate of drug-likeness (QED) is 0.466. The molecule has 1 aromatic carbocycles. The van der Waals surface area contributed by atoms with Gasteiger partial charge in [-0.1, -0.05) is 18.2 Å². The Morgan fingerprint density at radius 1 is 0.972 bits per heavy atom. The molecule has 2 N–H and O–H groups in total. The Hall–Kier alpha value is -3.59. The summed E-state index contributed by atoms with van der Waals surface area (Å²) in [5, 5.41) is 0. The number of piperazine rings is 1. The second-order valence-electron chi connectivity index (χ2n) is 9.55. The molecule has 5 heterocycles. The van der Waals surface area contributed by atoms with Crippen molar-refractivity contribution in [3.05, 3.63) is 72.1 Å². The fourth-order valence-electron chi connectivity index (χ4n) is 4.94. The molecule has 1 saturated heterocycles.